The zero-order valence-corrected chi connectivity index (χ0v) is 41.0. The van der Waals surface area contributed by atoms with Gasteiger partial charge in [-0.3, -0.25) is 4.79 Å². The number of aliphatic hydroxyl groups is 2. The van der Waals surface area contributed by atoms with Gasteiger partial charge < -0.3 is 15.5 Å². The van der Waals surface area contributed by atoms with Crippen molar-refractivity contribution in [2.45, 2.75) is 321 Å². The maximum Gasteiger partial charge on any atom is 0.220 e. The molecule has 4 heteroatoms. The van der Waals surface area contributed by atoms with E-state index in [0.717, 1.165) is 25.7 Å². The normalized spacial score (nSPS) is 12.9. The first-order valence-electron chi connectivity index (χ1n) is 27.6. The van der Waals surface area contributed by atoms with Gasteiger partial charge >= 0.3 is 0 Å². The molecule has 356 valence electrons. The van der Waals surface area contributed by atoms with Crippen LogP contribution in [-0.2, 0) is 4.79 Å². The van der Waals surface area contributed by atoms with Crippen molar-refractivity contribution >= 4 is 5.91 Å². The van der Waals surface area contributed by atoms with E-state index in [-0.39, 0.29) is 12.5 Å². The Kier molecular flexibility index (Phi) is 51.2. The number of rotatable bonds is 51. The molecule has 0 saturated carbocycles. The predicted molar refractivity (Wildman–Crippen MR) is 267 cm³/mol. The third-order valence-electron chi connectivity index (χ3n) is 12.9. The van der Waals surface area contributed by atoms with Crippen LogP contribution in [-0.4, -0.2) is 34.9 Å². The molecule has 0 aliphatic heterocycles. The summed E-state index contributed by atoms with van der Waals surface area (Å²) in [5, 5.41) is 23.2. The molecule has 0 saturated heterocycles. The van der Waals surface area contributed by atoms with Crippen LogP contribution in [0.2, 0.25) is 0 Å². The number of aliphatic hydroxyl groups excluding tert-OH is 2. The van der Waals surface area contributed by atoms with E-state index in [1.165, 1.54) is 263 Å². The summed E-state index contributed by atoms with van der Waals surface area (Å²) in [4.78, 5) is 12.4. The Morgan fingerprint density at radius 2 is 0.633 bits per heavy atom. The molecular weight excluding hydrogens is 735 g/mol. The maximum absolute atomic E-state index is 12.4. The van der Waals surface area contributed by atoms with Gasteiger partial charge in [0.2, 0.25) is 5.91 Å². The average molecular weight is 844 g/mol. The van der Waals surface area contributed by atoms with Gasteiger partial charge in [0, 0.05) is 6.42 Å². The largest absolute Gasteiger partial charge is 0.394 e. The summed E-state index contributed by atoms with van der Waals surface area (Å²) in [5.41, 5.74) is 0. The molecule has 0 fully saturated rings. The molecule has 0 rings (SSSR count). The van der Waals surface area contributed by atoms with Gasteiger partial charge in [0.1, 0.15) is 0 Å². The Labute approximate surface area is 377 Å². The first-order chi connectivity index (χ1) is 29.7. The van der Waals surface area contributed by atoms with Crippen LogP contribution in [0.25, 0.3) is 0 Å². The summed E-state index contributed by atoms with van der Waals surface area (Å²) < 4.78 is 0. The number of hydrogen-bond acceptors (Lipinski definition) is 3. The van der Waals surface area contributed by atoms with Crippen molar-refractivity contribution in [2.24, 2.45) is 0 Å². The first-order valence-corrected chi connectivity index (χ1v) is 27.6. The zero-order chi connectivity index (χ0) is 43.5. The molecule has 0 aromatic carbocycles. The van der Waals surface area contributed by atoms with Crippen molar-refractivity contribution < 1.29 is 15.0 Å². The molecule has 0 aliphatic rings. The van der Waals surface area contributed by atoms with Gasteiger partial charge in [0.15, 0.2) is 0 Å². The molecule has 1 amide bonds. The van der Waals surface area contributed by atoms with Gasteiger partial charge in [-0.15, -0.1) is 0 Å². The molecule has 2 atom stereocenters. The number of carbonyl (C=O) groups excluding carboxylic acids is 1. The molecule has 0 heterocycles. The molecule has 0 bridgehead atoms. The minimum absolute atomic E-state index is 0.0619. The van der Waals surface area contributed by atoms with Crippen LogP contribution < -0.4 is 5.32 Å². The Morgan fingerprint density at radius 3 is 0.917 bits per heavy atom. The average Bonchev–Trinajstić information content (AvgIpc) is 3.25. The van der Waals surface area contributed by atoms with Crippen LogP contribution in [0, 0.1) is 0 Å². The van der Waals surface area contributed by atoms with Crippen LogP contribution in [0.5, 0.6) is 0 Å². The molecular formula is C56H109NO3. The van der Waals surface area contributed by atoms with E-state index >= 15 is 0 Å². The molecule has 0 aromatic rings. The Morgan fingerprint density at radius 1 is 0.383 bits per heavy atom. The van der Waals surface area contributed by atoms with Crippen LogP contribution in [0.3, 0.4) is 0 Å². The topological polar surface area (TPSA) is 69.6 Å². The summed E-state index contributed by atoms with van der Waals surface area (Å²) >= 11 is 0. The van der Waals surface area contributed by atoms with Gasteiger partial charge in [-0.25, -0.2) is 0 Å². The second-order valence-corrected chi connectivity index (χ2v) is 19.0. The summed E-state index contributed by atoms with van der Waals surface area (Å²) in [7, 11) is 0. The van der Waals surface area contributed by atoms with E-state index in [1.54, 1.807) is 6.08 Å². The minimum atomic E-state index is -0.839. The van der Waals surface area contributed by atoms with Crippen molar-refractivity contribution in [1.29, 1.82) is 0 Å². The highest BCUT2D eigenvalue weighted by molar-refractivity contribution is 5.76. The van der Waals surface area contributed by atoms with Crippen LogP contribution >= 0.6 is 0 Å². The third-order valence-corrected chi connectivity index (χ3v) is 12.9. The molecule has 0 aliphatic carbocycles. The van der Waals surface area contributed by atoms with Gasteiger partial charge in [-0.2, -0.15) is 0 Å². The highest BCUT2D eigenvalue weighted by Crippen LogP contribution is 2.17. The summed E-state index contributed by atoms with van der Waals surface area (Å²) in [5.74, 6) is -0.0619. The predicted octanol–water partition coefficient (Wildman–Crippen LogP) is 17.9. The van der Waals surface area contributed by atoms with Gasteiger partial charge in [-0.1, -0.05) is 282 Å². The fourth-order valence-corrected chi connectivity index (χ4v) is 8.71. The van der Waals surface area contributed by atoms with Crippen molar-refractivity contribution in [3.63, 3.8) is 0 Å². The van der Waals surface area contributed by atoms with Crippen LogP contribution in [0.15, 0.2) is 24.3 Å². The van der Waals surface area contributed by atoms with E-state index in [1.807, 2.05) is 6.08 Å². The highest BCUT2D eigenvalue weighted by Gasteiger charge is 2.18. The summed E-state index contributed by atoms with van der Waals surface area (Å²) in [6.07, 6.45) is 69.1. The summed E-state index contributed by atoms with van der Waals surface area (Å²) in [6.45, 7) is 4.34. The van der Waals surface area contributed by atoms with E-state index in [9.17, 15) is 15.0 Å². The monoisotopic (exact) mass is 844 g/mol. The van der Waals surface area contributed by atoms with Gasteiger partial charge in [-0.05, 0) is 44.9 Å². The lowest BCUT2D eigenvalue weighted by Crippen LogP contribution is -2.45. The number of carbonyl (C=O) groups is 1. The highest BCUT2D eigenvalue weighted by atomic mass is 16.3. The molecule has 3 N–H and O–H groups in total. The quantitative estimate of drug-likeness (QED) is 0.0422. The molecule has 0 radical (unpaired) electrons. The lowest BCUT2D eigenvalue weighted by atomic mass is 10.0. The second kappa shape index (κ2) is 52.2. The number of amides is 1. The van der Waals surface area contributed by atoms with Gasteiger partial charge in [0.25, 0.3) is 0 Å². The number of nitrogens with one attached hydrogen (secondary N) is 1. The SMILES string of the molecule is CCCCCCCC/C=C\CCCCCCCCCCCC(=O)NC(CO)C(O)/C=C/CCCCCCCCCCCCCCCCCCCCCCCCCCCCC. The second-order valence-electron chi connectivity index (χ2n) is 19.0. The minimum Gasteiger partial charge on any atom is -0.394 e. The molecule has 4 nitrogen and oxygen atoms in total. The molecule has 60 heavy (non-hydrogen) atoms. The smallest absolute Gasteiger partial charge is 0.220 e. The number of unbranched alkanes of at least 4 members (excludes halogenated alkanes) is 42. The standard InChI is InChI=1S/C56H109NO3/c1-3-5-7-9-11-13-15-17-19-21-23-24-25-26-27-28-29-30-31-32-34-35-37-39-41-43-45-47-49-51-55(59)54(53-58)57-56(60)52-50-48-46-44-42-40-38-36-33-22-20-18-16-14-12-10-8-6-4-2/h18,20,49,51,54-55,58-59H,3-17,19,21-48,50,52-53H2,1-2H3,(H,57,60)/b20-18-,51-49+. The van der Waals surface area contributed by atoms with Crippen molar-refractivity contribution in [3.05, 3.63) is 24.3 Å². The fraction of sp³-hybridized carbons (Fsp3) is 0.911. The molecule has 0 aromatic heterocycles. The lowest BCUT2D eigenvalue weighted by Gasteiger charge is -2.20. The van der Waals surface area contributed by atoms with E-state index < -0.39 is 12.1 Å². The van der Waals surface area contributed by atoms with E-state index in [0.29, 0.717) is 6.42 Å². The maximum atomic E-state index is 12.4. The van der Waals surface area contributed by atoms with Crippen molar-refractivity contribution in [2.75, 3.05) is 6.61 Å². The first kappa shape index (κ1) is 58.9. The summed E-state index contributed by atoms with van der Waals surface area (Å²) in [6, 6.07) is -0.622. The zero-order valence-electron chi connectivity index (χ0n) is 41.0. The van der Waals surface area contributed by atoms with Crippen LogP contribution in [0.4, 0.5) is 0 Å². The Hall–Kier alpha value is -1.13. The molecule has 0 spiro atoms. The van der Waals surface area contributed by atoms with Crippen molar-refractivity contribution in [3.8, 4) is 0 Å². The number of hydrogen-bond donors (Lipinski definition) is 3. The van der Waals surface area contributed by atoms with Crippen molar-refractivity contribution in [1.82, 2.24) is 5.32 Å². The van der Waals surface area contributed by atoms with E-state index in [2.05, 4.69) is 31.3 Å². The number of allylic oxidation sites excluding steroid dienone is 3. The van der Waals surface area contributed by atoms with Gasteiger partial charge in [0.05, 0.1) is 18.8 Å². The van der Waals surface area contributed by atoms with Crippen LogP contribution in [0.1, 0.15) is 309 Å². The third kappa shape index (κ3) is 47.9. The fourth-order valence-electron chi connectivity index (χ4n) is 8.71. The molecule has 2 unspecified atom stereocenters. The Balaban J connectivity index is 3.46. The lowest BCUT2D eigenvalue weighted by molar-refractivity contribution is -0.123. The van der Waals surface area contributed by atoms with E-state index in [4.69, 9.17) is 0 Å². The Bertz CT molecular complexity index is 871.